The highest BCUT2D eigenvalue weighted by Gasteiger charge is 2.47. The molecule has 6 nitrogen and oxygen atoms in total. The molecule has 3 N–H and O–H groups in total. The molecular weight excluding hydrogens is 260 g/mol. The number of hydrogen-bond donors (Lipinski definition) is 3. The summed E-state index contributed by atoms with van der Waals surface area (Å²) in [5.74, 6) is -0.940. The zero-order valence-electron chi connectivity index (χ0n) is 12.2. The smallest absolute Gasteiger partial charge is 0.315 e. The normalized spacial score (nSPS) is 30.8. The molecule has 2 atom stereocenters. The maximum Gasteiger partial charge on any atom is 0.315 e. The van der Waals surface area contributed by atoms with E-state index in [1.54, 1.807) is 6.92 Å². The van der Waals surface area contributed by atoms with Crippen molar-refractivity contribution in [1.29, 1.82) is 0 Å². The van der Waals surface area contributed by atoms with Crippen LogP contribution in [0.2, 0.25) is 0 Å². The first-order valence-corrected chi connectivity index (χ1v) is 7.27. The lowest BCUT2D eigenvalue weighted by molar-refractivity contribution is -0.148. The first-order valence-electron chi connectivity index (χ1n) is 7.27. The van der Waals surface area contributed by atoms with Crippen LogP contribution in [0.1, 0.15) is 39.5 Å². The number of aliphatic carboxylic acids is 1. The summed E-state index contributed by atoms with van der Waals surface area (Å²) in [6.07, 6.45) is 4.59. The number of amides is 2. The van der Waals surface area contributed by atoms with Crippen molar-refractivity contribution in [2.24, 2.45) is 10.8 Å². The topological polar surface area (TPSA) is 87.7 Å². The second-order valence-electron chi connectivity index (χ2n) is 6.37. The average Bonchev–Trinajstić information content (AvgIpc) is 3.06. The van der Waals surface area contributed by atoms with Crippen LogP contribution >= 0.6 is 0 Å². The molecule has 1 heterocycles. The van der Waals surface area contributed by atoms with E-state index in [0.717, 1.165) is 12.8 Å². The molecule has 0 spiro atoms. The van der Waals surface area contributed by atoms with Crippen molar-refractivity contribution >= 4 is 12.0 Å². The fourth-order valence-corrected chi connectivity index (χ4v) is 2.78. The lowest BCUT2D eigenvalue weighted by Gasteiger charge is -2.26. The number of carbonyl (C=O) groups is 2. The molecule has 2 fully saturated rings. The van der Waals surface area contributed by atoms with Gasteiger partial charge in [0, 0.05) is 6.54 Å². The molecule has 2 amide bonds. The van der Waals surface area contributed by atoms with Gasteiger partial charge in [-0.1, -0.05) is 13.3 Å². The summed E-state index contributed by atoms with van der Waals surface area (Å²) in [5.41, 5.74) is -0.758. The zero-order chi connectivity index (χ0) is 14.8. The highest BCUT2D eigenvalue weighted by molar-refractivity contribution is 5.79. The molecule has 6 heteroatoms. The summed E-state index contributed by atoms with van der Waals surface area (Å²) in [4.78, 5) is 23.2. The Kier molecular flexibility index (Phi) is 4.22. The molecule has 114 valence electrons. The third kappa shape index (κ3) is 3.06. The van der Waals surface area contributed by atoms with Crippen LogP contribution in [0.4, 0.5) is 4.79 Å². The van der Waals surface area contributed by atoms with Gasteiger partial charge in [0.2, 0.25) is 0 Å². The lowest BCUT2D eigenvalue weighted by Crippen LogP contribution is -2.53. The van der Waals surface area contributed by atoms with Gasteiger partial charge in [0.1, 0.15) is 5.41 Å². The second kappa shape index (κ2) is 5.60. The summed E-state index contributed by atoms with van der Waals surface area (Å²) in [6.45, 7) is 4.80. The molecule has 1 saturated heterocycles. The summed E-state index contributed by atoms with van der Waals surface area (Å²) >= 11 is 0. The highest BCUT2D eigenvalue weighted by Crippen LogP contribution is 2.48. The van der Waals surface area contributed by atoms with Crippen LogP contribution in [0.5, 0.6) is 0 Å². The highest BCUT2D eigenvalue weighted by atomic mass is 16.5. The van der Waals surface area contributed by atoms with Crippen molar-refractivity contribution in [3.63, 3.8) is 0 Å². The van der Waals surface area contributed by atoms with Gasteiger partial charge < -0.3 is 20.5 Å². The fourth-order valence-electron chi connectivity index (χ4n) is 2.78. The predicted octanol–water partition coefficient (Wildman–Crippen LogP) is 1.36. The molecule has 2 unspecified atom stereocenters. The van der Waals surface area contributed by atoms with E-state index in [-0.39, 0.29) is 24.7 Å². The number of carboxylic acid groups (broad SMARTS) is 1. The SMILES string of the molecule is CCCC1(CNC(=O)NC2COCC2(C)C(=O)O)CC1. The summed E-state index contributed by atoms with van der Waals surface area (Å²) < 4.78 is 5.21. The molecule has 20 heavy (non-hydrogen) atoms. The van der Waals surface area contributed by atoms with Gasteiger partial charge in [-0.2, -0.15) is 0 Å². The van der Waals surface area contributed by atoms with E-state index in [1.165, 1.54) is 12.8 Å². The zero-order valence-corrected chi connectivity index (χ0v) is 12.2. The number of rotatable bonds is 6. The van der Waals surface area contributed by atoms with E-state index < -0.39 is 17.4 Å². The predicted molar refractivity (Wildman–Crippen MR) is 73.5 cm³/mol. The van der Waals surface area contributed by atoms with Gasteiger partial charge in [-0.05, 0) is 31.6 Å². The van der Waals surface area contributed by atoms with Crippen LogP contribution < -0.4 is 10.6 Å². The number of hydrogen-bond acceptors (Lipinski definition) is 3. The van der Waals surface area contributed by atoms with Gasteiger partial charge >= 0.3 is 12.0 Å². The van der Waals surface area contributed by atoms with Crippen molar-refractivity contribution in [2.45, 2.75) is 45.6 Å². The van der Waals surface area contributed by atoms with Gasteiger partial charge in [0.05, 0.1) is 19.3 Å². The van der Waals surface area contributed by atoms with Gasteiger partial charge in [-0.15, -0.1) is 0 Å². The molecule has 0 radical (unpaired) electrons. The number of ether oxygens (including phenoxy) is 1. The number of nitrogens with one attached hydrogen (secondary N) is 2. The van der Waals surface area contributed by atoms with Crippen molar-refractivity contribution in [1.82, 2.24) is 10.6 Å². The molecule has 0 aromatic carbocycles. The van der Waals surface area contributed by atoms with Crippen LogP contribution in [-0.4, -0.2) is 42.9 Å². The van der Waals surface area contributed by atoms with E-state index >= 15 is 0 Å². The minimum Gasteiger partial charge on any atom is -0.481 e. The summed E-state index contributed by atoms with van der Waals surface area (Å²) in [6, 6.07) is -0.781. The van der Waals surface area contributed by atoms with Crippen molar-refractivity contribution in [3.05, 3.63) is 0 Å². The average molecular weight is 284 g/mol. The monoisotopic (exact) mass is 284 g/mol. The molecule has 0 aromatic rings. The molecule has 2 rings (SSSR count). The van der Waals surface area contributed by atoms with Crippen LogP contribution in [0, 0.1) is 10.8 Å². The minimum absolute atomic E-state index is 0.132. The van der Waals surface area contributed by atoms with E-state index in [4.69, 9.17) is 4.74 Å². The molecule has 1 aliphatic heterocycles. The molecule has 0 aromatic heterocycles. The van der Waals surface area contributed by atoms with E-state index in [9.17, 15) is 14.7 Å². The standard InChI is InChI=1S/C14H24N2O4/c1-3-4-14(5-6-14)8-15-12(19)16-10-7-20-9-13(10,2)11(17)18/h10H,3-9H2,1-2H3,(H,17,18)(H2,15,16,19). The Morgan fingerprint density at radius 3 is 2.65 bits per heavy atom. The Morgan fingerprint density at radius 2 is 2.10 bits per heavy atom. The first kappa shape index (κ1) is 15.1. The van der Waals surface area contributed by atoms with Crippen molar-refractivity contribution < 1.29 is 19.4 Å². The van der Waals surface area contributed by atoms with Crippen molar-refractivity contribution in [3.8, 4) is 0 Å². The molecule has 0 bridgehead atoms. The molecule has 2 aliphatic rings. The van der Waals surface area contributed by atoms with Gasteiger partial charge in [-0.25, -0.2) is 4.79 Å². The number of carbonyl (C=O) groups excluding carboxylic acids is 1. The molecule has 1 aliphatic carbocycles. The van der Waals surface area contributed by atoms with Crippen LogP contribution in [0.3, 0.4) is 0 Å². The third-order valence-corrected chi connectivity index (χ3v) is 4.61. The maximum atomic E-state index is 11.9. The quantitative estimate of drug-likeness (QED) is 0.687. The van der Waals surface area contributed by atoms with E-state index in [2.05, 4.69) is 17.6 Å². The number of carboxylic acids is 1. The Balaban J connectivity index is 1.81. The molecule has 1 saturated carbocycles. The van der Waals surface area contributed by atoms with Gasteiger partial charge in [0.15, 0.2) is 0 Å². The van der Waals surface area contributed by atoms with Gasteiger partial charge in [0.25, 0.3) is 0 Å². The third-order valence-electron chi connectivity index (χ3n) is 4.61. The minimum atomic E-state index is -1.04. The largest absolute Gasteiger partial charge is 0.481 e. The van der Waals surface area contributed by atoms with Crippen LogP contribution in [-0.2, 0) is 9.53 Å². The first-order chi connectivity index (χ1) is 9.42. The van der Waals surface area contributed by atoms with Gasteiger partial charge in [-0.3, -0.25) is 4.79 Å². The number of urea groups is 1. The Bertz CT molecular complexity index is 395. The van der Waals surface area contributed by atoms with E-state index in [0.29, 0.717) is 6.54 Å². The second-order valence-corrected chi connectivity index (χ2v) is 6.37. The Labute approximate surface area is 119 Å². The Morgan fingerprint density at radius 1 is 1.40 bits per heavy atom. The van der Waals surface area contributed by atoms with Crippen molar-refractivity contribution in [2.75, 3.05) is 19.8 Å². The fraction of sp³-hybridized carbons (Fsp3) is 0.857. The van der Waals surface area contributed by atoms with Crippen LogP contribution in [0.25, 0.3) is 0 Å². The Hall–Kier alpha value is -1.30. The lowest BCUT2D eigenvalue weighted by atomic mass is 9.85. The molecular formula is C14H24N2O4. The maximum absolute atomic E-state index is 11.9. The summed E-state index contributed by atoms with van der Waals surface area (Å²) in [7, 11) is 0. The van der Waals surface area contributed by atoms with Crippen LogP contribution in [0.15, 0.2) is 0 Å². The summed E-state index contributed by atoms with van der Waals surface area (Å²) in [5, 5.41) is 14.9. The van der Waals surface area contributed by atoms with E-state index in [1.807, 2.05) is 0 Å².